The highest BCUT2D eigenvalue weighted by Gasteiger charge is 2.21. The summed E-state index contributed by atoms with van der Waals surface area (Å²) in [5.74, 6) is 0.779. The van der Waals surface area contributed by atoms with Gasteiger partial charge in [0.25, 0.3) is 0 Å². The van der Waals surface area contributed by atoms with Crippen molar-refractivity contribution in [3.63, 3.8) is 0 Å². The molecule has 4 heteroatoms. The molecule has 0 spiro atoms. The van der Waals surface area contributed by atoms with Gasteiger partial charge in [-0.2, -0.15) is 0 Å². The van der Waals surface area contributed by atoms with Gasteiger partial charge in [-0.25, -0.2) is 0 Å². The van der Waals surface area contributed by atoms with E-state index >= 15 is 0 Å². The van der Waals surface area contributed by atoms with E-state index in [4.69, 9.17) is 4.74 Å². The van der Waals surface area contributed by atoms with Crippen molar-refractivity contribution in [3.8, 4) is 5.75 Å². The van der Waals surface area contributed by atoms with Crippen LogP contribution in [0.5, 0.6) is 5.75 Å². The van der Waals surface area contributed by atoms with Gasteiger partial charge in [-0.15, -0.1) is 0 Å². The van der Waals surface area contributed by atoms with Gasteiger partial charge in [0.05, 0.1) is 4.47 Å². The third-order valence-corrected chi connectivity index (χ3v) is 3.36. The second kappa shape index (κ2) is 5.85. The summed E-state index contributed by atoms with van der Waals surface area (Å²) in [6.45, 7) is 2.96. The van der Waals surface area contributed by atoms with Gasteiger partial charge in [0.2, 0.25) is 0 Å². The number of aryl methyl sites for hydroxylation is 1. The van der Waals surface area contributed by atoms with E-state index in [1.807, 2.05) is 25.1 Å². The Bertz CT molecular complexity index is 380. The predicted octanol–water partition coefficient (Wildman–Crippen LogP) is 2.25. The molecule has 1 aliphatic carbocycles. The van der Waals surface area contributed by atoms with Gasteiger partial charge < -0.3 is 15.2 Å². The zero-order valence-corrected chi connectivity index (χ0v) is 11.5. The molecule has 0 saturated heterocycles. The Morgan fingerprint density at radius 3 is 2.94 bits per heavy atom. The van der Waals surface area contributed by atoms with Crippen LogP contribution >= 0.6 is 15.9 Å². The minimum absolute atomic E-state index is 0.321. The third-order valence-electron chi connectivity index (χ3n) is 2.74. The van der Waals surface area contributed by atoms with Crippen molar-refractivity contribution in [3.05, 3.63) is 28.2 Å². The fourth-order valence-electron chi connectivity index (χ4n) is 1.56. The molecule has 17 heavy (non-hydrogen) atoms. The maximum Gasteiger partial charge on any atom is 0.133 e. The van der Waals surface area contributed by atoms with E-state index in [0.29, 0.717) is 19.2 Å². The van der Waals surface area contributed by atoms with Crippen molar-refractivity contribution in [2.24, 2.45) is 0 Å². The summed E-state index contributed by atoms with van der Waals surface area (Å²) in [5, 5.41) is 13.0. The highest BCUT2D eigenvalue weighted by Crippen LogP contribution is 2.25. The second-order valence-electron chi connectivity index (χ2n) is 4.58. The normalized spacial score (nSPS) is 16.9. The van der Waals surface area contributed by atoms with E-state index in [2.05, 4.69) is 21.2 Å². The molecular formula is C13H18BrNO2. The smallest absolute Gasteiger partial charge is 0.133 e. The molecule has 3 nitrogen and oxygen atoms in total. The fraction of sp³-hybridized carbons (Fsp3) is 0.538. The lowest BCUT2D eigenvalue weighted by Gasteiger charge is -2.14. The number of ether oxygens (including phenoxy) is 1. The van der Waals surface area contributed by atoms with Crippen molar-refractivity contribution < 1.29 is 9.84 Å². The number of aliphatic hydroxyl groups excluding tert-OH is 1. The van der Waals surface area contributed by atoms with Crippen LogP contribution in [-0.4, -0.2) is 30.4 Å². The number of hydrogen-bond donors (Lipinski definition) is 2. The SMILES string of the molecule is Cc1ccc(OCC(O)CNC2CC2)c(Br)c1. The van der Waals surface area contributed by atoms with Crippen molar-refractivity contribution >= 4 is 15.9 Å². The van der Waals surface area contributed by atoms with Crippen LogP contribution in [0.15, 0.2) is 22.7 Å². The largest absolute Gasteiger partial charge is 0.490 e. The Labute approximate surface area is 110 Å². The fourth-order valence-corrected chi connectivity index (χ4v) is 2.17. The van der Waals surface area contributed by atoms with E-state index in [0.717, 1.165) is 10.2 Å². The molecule has 1 aliphatic rings. The lowest BCUT2D eigenvalue weighted by atomic mass is 10.2. The Morgan fingerprint density at radius 2 is 2.29 bits per heavy atom. The van der Waals surface area contributed by atoms with Gasteiger partial charge in [0, 0.05) is 12.6 Å². The standard InChI is InChI=1S/C13H18BrNO2/c1-9-2-5-13(12(14)6-9)17-8-11(16)7-15-10-3-4-10/h2,5-6,10-11,15-16H,3-4,7-8H2,1H3. The first kappa shape index (κ1) is 12.9. The number of nitrogens with one attached hydrogen (secondary N) is 1. The quantitative estimate of drug-likeness (QED) is 0.846. The highest BCUT2D eigenvalue weighted by molar-refractivity contribution is 9.10. The zero-order chi connectivity index (χ0) is 12.3. The molecule has 0 bridgehead atoms. The first-order chi connectivity index (χ1) is 8.15. The van der Waals surface area contributed by atoms with E-state index in [1.165, 1.54) is 18.4 Å². The molecule has 1 unspecified atom stereocenters. The molecular weight excluding hydrogens is 282 g/mol. The number of rotatable bonds is 6. The number of aliphatic hydroxyl groups is 1. The van der Waals surface area contributed by atoms with Gasteiger partial charge in [0.15, 0.2) is 0 Å². The molecule has 1 saturated carbocycles. The molecule has 1 atom stereocenters. The van der Waals surface area contributed by atoms with Crippen molar-refractivity contribution in [1.29, 1.82) is 0 Å². The Hall–Kier alpha value is -0.580. The second-order valence-corrected chi connectivity index (χ2v) is 5.44. The summed E-state index contributed by atoms with van der Waals surface area (Å²) in [7, 11) is 0. The lowest BCUT2D eigenvalue weighted by Crippen LogP contribution is -2.32. The van der Waals surface area contributed by atoms with Crippen LogP contribution in [0.1, 0.15) is 18.4 Å². The van der Waals surface area contributed by atoms with Crippen molar-refractivity contribution in [2.75, 3.05) is 13.2 Å². The first-order valence-corrected chi connectivity index (χ1v) is 6.75. The molecule has 94 valence electrons. The summed E-state index contributed by atoms with van der Waals surface area (Å²) in [5.41, 5.74) is 1.18. The van der Waals surface area contributed by atoms with Gasteiger partial charge in [-0.05, 0) is 53.4 Å². The van der Waals surface area contributed by atoms with Crippen LogP contribution in [0.3, 0.4) is 0 Å². The molecule has 1 aromatic rings. The van der Waals surface area contributed by atoms with Crippen molar-refractivity contribution in [2.45, 2.75) is 31.9 Å². The Balaban J connectivity index is 1.75. The summed E-state index contributed by atoms with van der Waals surface area (Å²) >= 11 is 3.45. The van der Waals surface area contributed by atoms with E-state index in [-0.39, 0.29) is 0 Å². The van der Waals surface area contributed by atoms with Crippen LogP contribution in [0.4, 0.5) is 0 Å². The number of hydrogen-bond acceptors (Lipinski definition) is 3. The van der Waals surface area contributed by atoms with E-state index in [9.17, 15) is 5.11 Å². The first-order valence-electron chi connectivity index (χ1n) is 5.95. The topological polar surface area (TPSA) is 41.5 Å². The monoisotopic (exact) mass is 299 g/mol. The molecule has 0 radical (unpaired) electrons. The summed E-state index contributed by atoms with van der Waals surface area (Å²) in [6.07, 6.45) is 2.01. The Kier molecular flexibility index (Phi) is 4.42. The summed E-state index contributed by atoms with van der Waals surface area (Å²) < 4.78 is 6.50. The van der Waals surface area contributed by atoms with E-state index in [1.54, 1.807) is 0 Å². The van der Waals surface area contributed by atoms with Gasteiger partial charge in [-0.3, -0.25) is 0 Å². The summed E-state index contributed by atoms with van der Waals surface area (Å²) in [4.78, 5) is 0. The average molecular weight is 300 g/mol. The third kappa shape index (κ3) is 4.30. The molecule has 0 aromatic heterocycles. The minimum Gasteiger partial charge on any atom is -0.490 e. The Morgan fingerprint density at radius 1 is 1.53 bits per heavy atom. The van der Waals surface area contributed by atoms with Crippen LogP contribution in [0.2, 0.25) is 0 Å². The van der Waals surface area contributed by atoms with Crippen LogP contribution in [-0.2, 0) is 0 Å². The van der Waals surface area contributed by atoms with Crippen molar-refractivity contribution in [1.82, 2.24) is 5.32 Å². The van der Waals surface area contributed by atoms with E-state index < -0.39 is 6.10 Å². The van der Waals surface area contributed by atoms with Gasteiger partial charge >= 0.3 is 0 Å². The highest BCUT2D eigenvalue weighted by atomic mass is 79.9. The molecule has 0 amide bonds. The molecule has 0 aliphatic heterocycles. The summed E-state index contributed by atoms with van der Waals surface area (Å²) in [6, 6.07) is 6.54. The van der Waals surface area contributed by atoms with Crippen LogP contribution < -0.4 is 10.1 Å². The molecule has 1 aromatic carbocycles. The number of halogens is 1. The minimum atomic E-state index is -0.455. The molecule has 1 fully saturated rings. The molecule has 2 N–H and O–H groups in total. The van der Waals surface area contributed by atoms with Crippen LogP contribution in [0.25, 0.3) is 0 Å². The molecule has 0 heterocycles. The van der Waals surface area contributed by atoms with Gasteiger partial charge in [0.1, 0.15) is 18.5 Å². The number of benzene rings is 1. The maximum atomic E-state index is 9.73. The van der Waals surface area contributed by atoms with Gasteiger partial charge in [-0.1, -0.05) is 6.07 Å². The molecule has 2 rings (SSSR count). The zero-order valence-electron chi connectivity index (χ0n) is 9.95. The predicted molar refractivity (Wildman–Crippen MR) is 71.4 cm³/mol. The lowest BCUT2D eigenvalue weighted by molar-refractivity contribution is 0.106. The average Bonchev–Trinajstić information content (AvgIpc) is 3.09. The van der Waals surface area contributed by atoms with Crippen LogP contribution in [0, 0.1) is 6.92 Å². The maximum absolute atomic E-state index is 9.73.